The minimum absolute atomic E-state index is 0.153. The van der Waals surface area contributed by atoms with Gasteiger partial charge >= 0.3 is 0 Å². The van der Waals surface area contributed by atoms with Crippen LogP contribution < -0.4 is 10.6 Å². The first-order chi connectivity index (χ1) is 9.29. The van der Waals surface area contributed by atoms with Crippen LogP contribution in [0.3, 0.4) is 0 Å². The van der Waals surface area contributed by atoms with Crippen molar-refractivity contribution in [3.63, 3.8) is 0 Å². The largest absolute Gasteiger partial charge is 0.434 e. The van der Waals surface area contributed by atoms with Crippen molar-refractivity contribution in [1.82, 2.24) is 4.98 Å². The van der Waals surface area contributed by atoms with Crippen molar-refractivity contribution in [2.24, 2.45) is 5.73 Å². The fourth-order valence-corrected chi connectivity index (χ4v) is 2.38. The first-order valence-electron chi connectivity index (χ1n) is 6.34. The lowest BCUT2D eigenvalue weighted by atomic mass is 10.0. The molecule has 5 nitrogen and oxygen atoms in total. The van der Waals surface area contributed by atoms with Gasteiger partial charge < -0.3 is 15.1 Å². The Morgan fingerprint density at radius 2 is 2.26 bits per heavy atom. The van der Waals surface area contributed by atoms with Crippen LogP contribution in [-0.2, 0) is 13.0 Å². The molecule has 1 aliphatic rings. The molecular formula is C14H15N3O2. The van der Waals surface area contributed by atoms with Gasteiger partial charge in [0.05, 0.1) is 12.7 Å². The Labute approximate surface area is 111 Å². The van der Waals surface area contributed by atoms with Crippen molar-refractivity contribution in [2.75, 3.05) is 11.4 Å². The van der Waals surface area contributed by atoms with E-state index in [-0.39, 0.29) is 18.2 Å². The SMILES string of the molecule is NCc1ncc(C(=O)N2CCCc3ccccc32)o1. The van der Waals surface area contributed by atoms with E-state index in [1.54, 1.807) is 4.90 Å². The zero-order valence-electron chi connectivity index (χ0n) is 10.5. The maximum Gasteiger partial charge on any atom is 0.295 e. The van der Waals surface area contributed by atoms with Gasteiger partial charge in [0.2, 0.25) is 11.7 Å². The number of oxazole rings is 1. The number of aryl methyl sites for hydroxylation is 1. The van der Waals surface area contributed by atoms with Crippen LogP contribution in [-0.4, -0.2) is 17.4 Å². The molecule has 2 aromatic rings. The zero-order valence-corrected chi connectivity index (χ0v) is 10.5. The topological polar surface area (TPSA) is 72.4 Å². The van der Waals surface area contributed by atoms with Gasteiger partial charge in [-0.25, -0.2) is 4.98 Å². The Morgan fingerprint density at radius 3 is 3.05 bits per heavy atom. The van der Waals surface area contributed by atoms with Crippen molar-refractivity contribution < 1.29 is 9.21 Å². The van der Waals surface area contributed by atoms with Crippen molar-refractivity contribution >= 4 is 11.6 Å². The van der Waals surface area contributed by atoms with Crippen molar-refractivity contribution in [2.45, 2.75) is 19.4 Å². The molecule has 3 rings (SSSR count). The monoisotopic (exact) mass is 257 g/mol. The number of carbonyl (C=O) groups is 1. The summed E-state index contributed by atoms with van der Waals surface area (Å²) in [5.41, 5.74) is 7.59. The first-order valence-corrected chi connectivity index (χ1v) is 6.34. The number of fused-ring (bicyclic) bond motifs is 1. The molecule has 1 amide bonds. The maximum atomic E-state index is 12.4. The lowest BCUT2D eigenvalue weighted by Gasteiger charge is -2.28. The smallest absolute Gasteiger partial charge is 0.295 e. The van der Waals surface area contributed by atoms with Crippen LogP contribution in [0.4, 0.5) is 5.69 Å². The molecule has 0 unspecified atom stereocenters. The van der Waals surface area contributed by atoms with Crippen LogP contribution in [0.2, 0.25) is 0 Å². The van der Waals surface area contributed by atoms with Crippen LogP contribution >= 0.6 is 0 Å². The average Bonchev–Trinajstić information content (AvgIpc) is 2.95. The number of nitrogens with two attached hydrogens (primary N) is 1. The van der Waals surface area contributed by atoms with Crippen LogP contribution in [0.15, 0.2) is 34.9 Å². The molecule has 1 aromatic heterocycles. The van der Waals surface area contributed by atoms with Gasteiger partial charge in [-0.3, -0.25) is 4.79 Å². The Balaban J connectivity index is 1.93. The van der Waals surface area contributed by atoms with Gasteiger partial charge in [-0.1, -0.05) is 18.2 Å². The number of nitrogens with zero attached hydrogens (tertiary/aromatic N) is 2. The minimum atomic E-state index is -0.153. The molecule has 0 fully saturated rings. The number of benzene rings is 1. The fraction of sp³-hybridized carbons (Fsp3) is 0.286. The van der Waals surface area contributed by atoms with E-state index in [9.17, 15) is 4.79 Å². The van der Waals surface area contributed by atoms with E-state index in [0.717, 1.165) is 18.5 Å². The van der Waals surface area contributed by atoms with E-state index in [4.69, 9.17) is 10.2 Å². The van der Waals surface area contributed by atoms with Crippen molar-refractivity contribution in [3.8, 4) is 0 Å². The third-order valence-corrected chi connectivity index (χ3v) is 3.29. The molecule has 0 aliphatic carbocycles. The van der Waals surface area contributed by atoms with Crippen LogP contribution in [0.1, 0.15) is 28.4 Å². The number of hydrogen-bond donors (Lipinski definition) is 1. The van der Waals surface area contributed by atoms with Crippen LogP contribution in [0.25, 0.3) is 0 Å². The normalized spacial score (nSPS) is 14.3. The number of hydrogen-bond acceptors (Lipinski definition) is 4. The Hall–Kier alpha value is -2.14. The molecule has 0 saturated heterocycles. The molecule has 0 atom stereocenters. The van der Waals surface area contributed by atoms with E-state index in [1.807, 2.05) is 18.2 Å². The molecule has 2 N–H and O–H groups in total. The highest BCUT2D eigenvalue weighted by molar-refractivity contribution is 6.04. The molecule has 98 valence electrons. The predicted molar refractivity (Wildman–Crippen MR) is 70.8 cm³/mol. The number of rotatable bonds is 2. The summed E-state index contributed by atoms with van der Waals surface area (Å²) in [6.07, 6.45) is 3.41. The minimum Gasteiger partial charge on any atom is -0.434 e. The highest BCUT2D eigenvalue weighted by atomic mass is 16.4. The van der Waals surface area contributed by atoms with Gasteiger partial charge in [-0.05, 0) is 24.5 Å². The van der Waals surface area contributed by atoms with E-state index < -0.39 is 0 Å². The first kappa shape index (κ1) is 11.9. The van der Waals surface area contributed by atoms with E-state index in [0.29, 0.717) is 12.4 Å². The molecular weight excluding hydrogens is 242 g/mol. The van der Waals surface area contributed by atoms with E-state index in [1.165, 1.54) is 11.8 Å². The Kier molecular flexibility index (Phi) is 3.05. The standard InChI is InChI=1S/C14H15N3O2/c15-8-13-16-9-12(19-13)14(18)17-7-3-5-10-4-1-2-6-11(10)17/h1-2,4,6,9H,3,5,7-8,15H2. The highest BCUT2D eigenvalue weighted by Crippen LogP contribution is 2.28. The summed E-state index contributed by atoms with van der Waals surface area (Å²) in [6.45, 7) is 0.901. The van der Waals surface area contributed by atoms with Crippen molar-refractivity contribution in [1.29, 1.82) is 0 Å². The number of amides is 1. The van der Waals surface area contributed by atoms with E-state index >= 15 is 0 Å². The summed E-state index contributed by atoms with van der Waals surface area (Å²) in [5, 5.41) is 0. The summed E-state index contributed by atoms with van der Waals surface area (Å²) >= 11 is 0. The quantitative estimate of drug-likeness (QED) is 0.889. The molecule has 1 aliphatic heterocycles. The lowest BCUT2D eigenvalue weighted by molar-refractivity contribution is 0.0956. The summed E-state index contributed by atoms with van der Waals surface area (Å²) < 4.78 is 5.34. The zero-order chi connectivity index (χ0) is 13.2. The molecule has 0 radical (unpaired) electrons. The molecule has 0 bridgehead atoms. The second-order valence-corrected chi connectivity index (χ2v) is 4.51. The predicted octanol–water partition coefficient (Wildman–Crippen LogP) is 1.73. The summed E-state index contributed by atoms with van der Waals surface area (Å²) in [6, 6.07) is 7.96. The average molecular weight is 257 g/mol. The van der Waals surface area contributed by atoms with Gasteiger partial charge in [0, 0.05) is 12.2 Å². The third kappa shape index (κ3) is 2.13. The van der Waals surface area contributed by atoms with Gasteiger partial charge in [-0.15, -0.1) is 0 Å². The molecule has 19 heavy (non-hydrogen) atoms. The second-order valence-electron chi connectivity index (χ2n) is 4.51. The summed E-state index contributed by atoms with van der Waals surface area (Å²) in [7, 11) is 0. The molecule has 0 saturated carbocycles. The van der Waals surface area contributed by atoms with Crippen LogP contribution in [0.5, 0.6) is 0 Å². The Bertz CT molecular complexity index is 606. The number of anilines is 1. The second kappa shape index (κ2) is 4.85. The van der Waals surface area contributed by atoms with Crippen LogP contribution in [0, 0.1) is 0 Å². The number of carbonyl (C=O) groups excluding carboxylic acids is 1. The molecule has 0 spiro atoms. The van der Waals surface area contributed by atoms with Gasteiger partial charge in [-0.2, -0.15) is 0 Å². The number of para-hydroxylation sites is 1. The third-order valence-electron chi connectivity index (χ3n) is 3.29. The van der Waals surface area contributed by atoms with Crippen molar-refractivity contribution in [3.05, 3.63) is 47.7 Å². The van der Waals surface area contributed by atoms with Gasteiger partial charge in [0.1, 0.15) is 0 Å². The van der Waals surface area contributed by atoms with Gasteiger partial charge in [0.15, 0.2) is 0 Å². The lowest BCUT2D eigenvalue weighted by Crippen LogP contribution is -2.35. The Morgan fingerprint density at radius 1 is 1.42 bits per heavy atom. The molecule has 2 heterocycles. The van der Waals surface area contributed by atoms with E-state index in [2.05, 4.69) is 11.1 Å². The maximum absolute atomic E-state index is 12.4. The highest BCUT2D eigenvalue weighted by Gasteiger charge is 2.25. The molecule has 5 heteroatoms. The molecule has 1 aromatic carbocycles. The summed E-state index contributed by atoms with van der Waals surface area (Å²) in [5.74, 6) is 0.477. The van der Waals surface area contributed by atoms with Gasteiger partial charge in [0.25, 0.3) is 5.91 Å². The number of aromatic nitrogens is 1. The summed E-state index contributed by atoms with van der Waals surface area (Å²) in [4.78, 5) is 18.2. The fourth-order valence-electron chi connectivity index (χ4n) is 2.38.